The van der Waals surface area contributed by atoms with Crippen molar-refractivity contribution in [3.63, 3.8) is 0 Å². The molecule has 0 saturated carbocycles. The number of nitrogens with one attached hydrogen (secondary N) is 1. The van der Waals surface area contributed by atoms with E-state index < -0.39 is 0 Å². The summed E-state index contributed by atoms with van der Waals surface area (Å²) in [6, 6.07) is 6.58. The molecule has 1 N–H and O–H groups in total. The average Bonchev–Trinajstić information content (AvgIpc) is 2.70. The van der Waals surface area contributed by atoms with E-state index in [1.807, 2.05) is 0 Å². The summed E-state index contributed by atoms with van der Waals surface area (Å²) in [5, 5.41) is 3.39. The highest BCUT2D eigenvalue weighted by atomic mass is 16.5. The van der Waals surface area contributed by atoms with Crippen molar-refractivity contribution in [3.8, 4) is 5.75 Å². The van der Waals surface area contributed by atoms with Crippen LogP contribution >= 0.6 is 0 Å². The lowest BCUT2D eigenvalue weighted by Gasteiger charge is -2.22. The van der Waals surface area contributed by atoms with E-state index in [1.165, 1.54) is 43.5 Å². The van der Waals surface area contributed by atoms with Gasteiger partial charge in [0, 0.05) is 18.7 Å². The lowest BCUT2D eigenvalue weighted by atomic mass is 10.0. The van der Waals surface area contributed by atoms with Crippen LogP contribution in [0.1, 0.15) is 44.2 Å². The third kappa shape index (κ3) is 5.01. The highest BCUT2D eigenvalue weighted by molar-refractivity contribution is 5.37. The van der Waals surface area contributed by atoms with Crippen molar-refractivity contribution in [2.75, 3.05) is 26.7 Å². The summed E-state index contributed by atoms with van der Waals surface area (Å²) in [5.41, 5.74) is 2.67. The molecule has 1 aromatic carbocycles. The number of nitrogens with zero attached hydrogens (tertiary/aromatic N) is 1. The second-order valence-corrected chi connectivity index (χ2v) is 6.24. The Labute approximate surface area is 129 Å². The van der Waals surface area contributed by atoms with Gasteiger partial charge >= 0.3 is 0 Å². The SMILES string of the molecule is CCNCc1ccc(OC)c(CN2CCCC(C)CC2)c1. The number of benzene rings is 1. The Kier molecular flexibility index (Phi) is 6.52. The van der Waals surface area contributed by atoms with Crippen LogP contribution in [0.4, 0.5) is 0 Å². The number of likely N-dealkylation sites (tertiary alicyclic amines) is 1. The zero-order valence-electron chi connectivity index (χ0n) is 13.8. The average molecular weight is 290 g/mol. The number of ether oxygens (including phenoxy) is 1. The van der Waals surface area contributed by atoms with Crippen molar-refractivity contribution < 1.29 is 4.74 Å². The lowest BCUT2D eigenvalue weighted by Crippen LogP contribution is -2.24. The monoisotopic (exact) mass is 290 g/mol. The van der Waals surface area contributed by atoms with Gasteiger partial charge in [-0.25, -0.2) is 0 Å². The molecule has 0 spiro atoms. The fraction of sp³-hybridized carbons (Fsp3) is 0.667. The maximum atomic E-state index is 5.55. The molecule has 0 aliphatic carbocycles. The molecule has 3 heteroatoms. The minimum atomic E-state index is 0.872. The van der Waals surface area contributed by atoms with Crippen LogP contribution in [0.3, 0.4) is 0 Å². The van der Waals surface area contributed by atoms with E-state index in [2.05, 4.69) is 42.3 Å². The second kappa shape index (κ2) is 8.40. The minimum absolute atomic E-state index is 0.872. The maximum absolute atomic E-state index is 5.55. The topological polar surface area (TPSA) is 24.5 Å². The van der Waals surface area contributed by atoms with Crippen LogP contribution in [0, 0.1) is 5.92 Å². The summed E-state index contributed by atoms with van der Waals surface area (Å²) in [5.74, 6) is 1.89. The van der Waals surface area contributed by atoms with Gasteiger partial charge in [0.1, 0.15) is 5.75 Å². The molecule has 1 heterocycles. The molecular weight excluding hydrogens is 260 g/mol. The fourth-order valence-corrected chi connectivity index (χ4v) is 3.06. The normalized spacial score (nSPS) is 20.2. The first-order chi connectivity index (χ1) is 10.2. The first-order valence-electron chi connectivity index (χ1n) is 8.31. The predicted octanol–water partition coefficient (Wildman–Crippen LogP) is 3.43. The number of hydrogen-bond donors (Lipinski definition) is 1. The van der Waals surface area contributed by atoms with Crippen LogP contribution < -0.4 is 10.1 Å². The molecule has 0 bridgehead atoms. The first kappa shape index (κ1) is 16.3. The Morgan fingerprint density at radius 1 is 1.29 bits per heavy atom. The number of methoxy groups -OCH3 is 1. The van der Waals surface area contributed by atoms with E-state index in [-0.39, 0.29) is 0 Å². The van der Waals surface area contributed by atoms with Crippen molar-refractivity contribution in [2.45, 2.75) is 46.2 Å². The Bertz CT molecular complexity index is 433. The minimum Gasteiger partial charge on any atom is -0.496 e. The van der Waals surface area contributed by atoms with Crippen LogP contribution in [0.2, 0.25) is 0 Å². The van der Waals surface area contributed by atoms with Crippen LogP contribution in [0.15, 0.2) is 18.2 Å². The van der Waals surface area contributed by atoms with Crippen molar-refractivity contribution in [1.29, 1.82) is 0 Å². The van der Waals surface area contributed by atoms with Gasteiger partial charge in [0.15, 0.2) is 0 Å². The van der Waals surface area contributed by atoms with Crippen LogP contribution in [0.5, 0.6) is 5.75 Å². The molecule has 2 rings (SSSR count). The highest BCUT2D eigenvalue weighted by Crippen LogP contribution is 2.24. The van der Waals surface area contributed by atoms with Gasteiger partial charge in [-0.05, 0) is 62.5 Å². The molecule has 1 aromatic rings. The van der Waals surface area contributed by atoms with Gasteiger partial charge in [-0.15, -0.1) is 0 Å². The summed E-state index contributed by atoms with van der Waals surface area (Å²) < 4.78 is 5.55. The molecule has 118 valence electrons. The van der Waals surface area contributed by atoms with E-state index in [0.29, 0.717) is 0 Å². The Morgan fingerprint density at radius 2 is 2.14 bits per heavy atom. The summed E-state index contributed by atoms with van der Waals surface area (Å²) in [6.07, 6.45) is 4.01. The molecule has 0 amide bonds. The van der Waals surface area contributed by atoms with Gasteiger partial charge in [-0.2, -0.15) is 0 Å². The molecule has 1 aliphatic heterocycles. The summed E-state index contributed by atoms with van der Waals surface area (Å²) in [4.78, 5) is 2.58. The molecule has 0 radical (unpaired) electrons. The van der Waals surface area contributed by atoms with Gasteiger partial charge in [0.2, 0.25) is 0 Å². The molecule has 0 aromatic heterocycles. The van der Waals surface area contributed by atoms with Crippen LogP contribution in [0.25, 0.3) is 0 Å². The van der Waals surface area contributed by atoms with E-state index in [1.54, 1.807) is 7.11 Å². The Balaban J connectivity index is 2.05. The van der Waals surface area contributed by atoms with Gasteiger partial charge in [0.05, 0.1) is 7.11 Å². The highest BCUT2D eigenvalue weighted by Gasteiger charge is 2.15. The molecule has 1 atom stereocenters. The largest absolute Gasteiger partial charge is 0.496 e. The van der Waals surface area contributed by atoms with Crippen molar-refractivity contribution in [3.05, 3.63) is 29.3 Å². The van der Waals surface area contributed by atoms with E-state index in [0.717, 1.165) is 31.3 Å². The number of hydrogen-bond acceptors (Lipinski definition) is 3. The van der Waals surface area contributed by atoms with E-state index >= 15 is 0 Å². The molecule has 1 unspecified atom stereocenters. The molecule has 21 heavy (non-hydrogen) atoms. The third-order valence-electron chi connectivity index (χ3n) is 4.43. The zero-order chi connectivity index (χ0) is 15.1. The fourth-order valence-electron chi connectivity index (χ4n) is 3.06. The van der Waals surface area contributed by atoms with Crippen molar-refractivity contribution in [1.82, 2.24) is 10.2 Å². The summed E-state index contributed by atoms with van der Waals surface area (Å²) >= 11 is 0. The lowest BCUT2D eigenvalue weighted by molar-refractivity contribution is 0.268. The Morgan fingerprint density at radius 3 is 2.90 bits per heavy atom. The molecular formula is C18H30N2O. The molecule has 1 aliphatic rings. The van der Waals surface area contributed by atoms with E-state index in [4.69, 9.17) is 4.74 Å². The van der Waals surface area contributed by atoms with Crippen LogP contribution in [-0.2, 0) is 13.1 Å². The first-order valence-corrected chi connectivity index (χ1v) is 8.31. The third-order valence-corrected chi connectivity index (χ3v) is 4.43. The number of rotatable bonds is 6. The molecule has 1 saturated heterocycles. The van der Waals surface area contributed by atoms with Gasteiger partial charge in [0.25, 0.3) is 0 Å². The Hall–Kier alpha value is -1.06. The van der Waals surface area contributed by atoms with E-state index in [9.17, 15) is 0 Å². The van der Waals surface area contributed by atoms with Gasteiger partial charge in [-0.1, -0.05) is 19.9 Å². The molecule has 3 nitrogen and oxygen atoms in total. The quantitative estimate of drug-likeness (QED) is 0.869. The second-order valence-electron chi connectivity index (χ2n) is 6.24. The zero-order valence-corrected chi connectivity index (χ0v) is 13.8. The summed E-state index contributed by atoms with van der Waals surface area (Å²) in [7, 11) is 1.77. The maximum Gasteiger partial charge on any atom is 0.123 e. The van der Waals surface area contributed by atoms with Crippen molar-refractivity contribution in [2.24, 2.45) is 5.92 Å². The van der Waals surface area contributed by atoms with Gasteiger partial charge < -0.3 is 10.1 Å². The predicted molar refractivity (Wildman–Crippen MR) is 88.7 cm³/mol. The van der Waals surface area contributed by atoms with Crippen molar-refractivity contribution >= 4 is 0 Å². The standard InChI is InChI=1S/C18H30N2O/c1-4-19-13-16-7-8-18(21-3)17(12-16)14-20-10-5-6-15(2)9-11-20/h7-8,12,15,19H,4-6,9-11,13-14H2,1-3H3. The smallest absolute Gasteiger partial charge is 0.123 e. The van der Waals surface area contributed by atoms with Gasteiger partial charge in [-0.3, -0.25) is 4.90 Å². The summed E-state index contributed by atoms with van der Waals surface area (Å²) in [6.45, 7) is 9.89. The van der Waals surface area contributed by atoms with Crippen LogP contribution in [-0.4, -0.2) is 31.6 Å². The molecule has 1 fully saturated rings.